The summed E-state index contributed by atoms with van der Waals surface area (Å²) >= 11 is 3.16. The number of rotatable bonds is 11. The molecule has 8 heteroatoms. The molecule has 1 N–H and O–H groups in total. The number of nitrogens with zero attached hydrogens (tertiary/aromatic N) is 3. The van der Waals surface area contributed by atoms with Crippen molar-refractivity contribution in [2.24, 2.45) is 0 Å². The van der Waals surface area contributed by atoms with Crippen molar-refractivity contribution in [2.45, 2.75) is 23.1 Å². The zero-order valence-electron chi connectivity index (χ0n) is 19.5. The molecule has 0 spiro atoms. The number of aromatic nitrogens is 2. The maximum Gasteiger partial charge on any atom is 0.188 e. The van der Waals surface area contributed by atoms with E-state index >= 15 is 0 Å². The van der Waals surface area contributed by atoms with Crippen molar-refractivity contribution < 1.29 is 9.47 Å². The Labute approximate surface area is 209 Å². The number of pyridine rings is 1. The predicted molar refractivity (Wildman–Crippen MR) is 140 cm³/mol. The zero-order chi connectivity index (χ0) is 23.8. The molecule has 176 valence electrons. The highest BCUT2D eigenvalue weighted by molar-refractivity contribution is 7.99. The summed E-state index contributed by atoms with van der Waals surface area (Å²) in [6, 6.07) is 19.8. The Morgan fingerprint density at radius 1 is 1.00 bits per heavy atom. The zero-order valence-corrected chi connectivity index (χ0v) is 21.2. The van der Waals surface area contributed by atoms with Gasteiger partial charge in [0.25, 0.3) is 0 Å². The first-order valence-corrected chi connectivity index (χ1v) is 12.7. The predicted octanol–water partition coefficient (Wildman–Crippen LogP) is 6.86. The molecule has 0 bridgehead atoms. The molecule has 0 aliphatic heterocycles. The minimum atomic E-state index is 0.625. The van der Waals surface area contributed by atoms with E-state index in [1.165, 1.54) is 11.3 Å². The largest absolute Gasteiger partial charge is 0.494 e. The van der Waals surface area contributed by atoms with Crippen LogP contribution in [0.4, 0.5) is 10.9 Å². The number of benzene rings is 2. The third kappa shape index (κ3) is 7.21. The second-order valence-corrected chi connectivity index (χ2v) is 9.94. The summed E-state index contributed by atoms with van der Waals surface area (Å²) in [6.45, 7) is 3.67. The van der Waals surface area contributed by atoms with Gasteiger partial charge >= 0.3 is 0 Å². The average molecular weight is 493 g/mol. The van der Waals surface area contributed by atoms with Crippen LogP contribution in [0.3, 0.4) is 0 Å². The molecule has 0 fully saturated rings. The van der Waals surface area contributed by atoms with Crippen LogP contribution in [0.15, 0.2) is 82.0 Å². The molecule has 0 atom stereocenters. The fourth-order valence-electron chi connectivity index (χ4n) is 3.12. The lowest BCUT2D eigenvalue weighted by atomic mass is 10.3. The van der Waals surface area contributed by atoms with Gasteiger partial charge in [0.1, 0.15) is 11.5 Å². The monoisotopic (exact) mass is 492 g/mol. The second-order valence-electron chi connectivity index (χ2n) is 7.93. The van der Waals surface area contributed by atoms with Crippen LogP contribution in [-0.2, 0) is 0 Å². The van der Waals surface area contributed by atoms with Crippen LogP contribution < -0.4 is 14.8 Å². The van der Waals surface area contributed by atoms with Crippen molar-refractivity contribution >= 4 is 34.0 Å². The van der Waals surface area contributed by atoms with E-state index in [9.17, 15) is 0 Å². The van der Waals surface area contributed by atoms with E-state index in [1.54, 1.807) is 11.8 Å². The van der Waals surface area contributed by atoms with E-state index in [0.29, 0.717) is 18.2 Å². The fourth-order valence-corrected chi connectivity index (χ4v) is 4.67. The van der Waals surface area contributed by atoms with E-state index in [4.69, 9.17) is 9.47 Å². The van der Waals surface area contributed by atoms with Crippen molar-refractivity contribution in [3.8, 4) is 17.2 Å². The number of thiazole rings is 1. The van der Waals surface area contributed by atoms with Crippen molar-refractivity contribution in [2.75, 3.05) is 32.6 Å². The number of ether oxygens (including phenoxy) is 2. The Morgan fingerprint density at radius 3 is 2.59 bits per heavy atom. The third-order valence-electron chi connectivity index (χ3n) is 4.70. The molecule has 2 aromatic carbocycles. The van der Waals surface area contributed by atoms with Crippen molar-refractivity contribution in [1.29, 1.82) is 0 Å². The van der Waals surface area contributed by atoms with Crippen LogP contribution in [0.5, 0.6) is 17.2 Å². The normalized spacial score (nSPS) is 10.9. The Bertz CT molecular complexity index is 1200. The number of hydrogen-bond acceptors (Lipinski definition) is 8. The number of anilines is 2. The van der Waals surface area contributed by atoms with Gasteiger partial charge in [-0.2, -0.15) is 0 Å². The van der Waals surface area contributed by atoms with Crippen molar-refractivity contribution in [3.63, 3.8) is 0 Å². The van der Waals surface area contributed by atoms with Crippen LogP contribution in [0.25, 0.3) is 0 Å². The van der Waals surface area contributed by atoms with Gasteiger partial charge in [0.2, 0.25) is 0 Å². The lowest BCUT2D eigenvalue weighted by molar-refractivity contribution is 0.281. The summed E-state index contributed by atoms with van der Waals surface area (Å²) < 4.78 is 12.1. The molecule has 2 aromatic heterocycles. The maximum absolute atomic E-state index is 6.19. The first-order chi connectivity index (χ1) is 16.5. The molecule has 6 nitrogen and oxygen atoms in total. The van der Waals surface area contributed by atoms with Crippen LogP contribution in [0.2, 0.25) is 0 Å². The van der Waals surface area contributed by atoms with E-state index in [-0.39, 0.29) is 0 Å². The highest BCUT2D eigenvalue weighted by Gasteiger charge is 2.12. The van der Waals surface area contributed by atoms with Gasteiger partial charge in [0, 0.05) is 34.0 Å². The fraction of sp³-hybridized carbons (Fsp3) is 0.231. The summed E-state index contributed by atoms with van der Waals surface area (Å²) in [5, 5.41) is 6.07. The molecule has 0 saturated heterocycles. The van der Waals surface area contributed by atoms with E-state index in [1.807, 2.05) is 67.0 Å². The lowest BCUT2D eigenvalue weighted by Gasteiger charge is -2.13. The SMILES string of the molecule is Cc1csc(Nc2ncc(Sc3cccc(OCCCN(C)C)c3)cc2Oc2ccccc2)n1. The first kappa shape index (κ1) is 24.1. The molecule has 0 saturated carbocycles. The number of nitrogens with one attached hydrogen (secondary N) is 1. The lowest BCUT2D eigenvalue weighted by Crippen LogP contribution is -2.15. The van der Waals surface area contributed by atoms with Gasteiger partial charge in [-0.05, 0) is 57.8 Å². The minimum absolute atomic E-state index is 0.625. The number of para-hydroxylation sites is 1. The molecule has 0 aliphatic rings. The topological polar surface area (TPSA) is 59.5 Å². The molecule has 2 heterocycles. The summed E-state index contributed by atoms with van der Waals surface area (Å²) in [7, 11) is 4.14. The first-order valence-electron chi connectivity index (χ1n) is 11.0. The van der Waals surface area contributed by atoms with E-state index in [0.717, 1.165) is 45.1 Å². The summed E-state index contributed by atoms with van der Waals surface area (Å²) in [6.07, 6.45) is 2.83. The number of aryl methyl sites for hydroxylation is 1. The van der Waals surface area contributed by atoms with Gasteiger partial charge in [0.15, 0.2) is 16.7 Å². The molecule has 4 aromatic rings. The van der Waals surface area contributed by atoms with Crippen LogP contribution in [0.1, 0.15) is 12.1 Å². The molecule has 34 heavy (non-hydrogen) atoms. The molecule has 0 amide bonds. The van der Waals surface area contributed by atoms with Gasteiger partial charge in [-0.15, -0.1) is 11.3 Å². The Hall–Kier alpha value is -3.07. The maximum atomic E-state index is 6.19. The van der Waals surface area contributed by atoms with E-state index < -0.39 is 0 Å². The van der Waals surface area contributed by atoms with Gasteiger partial charge in [-0.25, -0.2) is 9.97 Å². The van der Waals surface area contributed by atoms with Crippen molar-refractivity contribution in [1.82, 2.24) is 14.9 Å². The smallest absolute Gasteiger partial charge is 0.188 e. The molecular weight excluding hydrogens is 464 g/mol. The summed E-state index contributed by atoms with van der Waals surface area (Å²) in [5.74, 6) is 2.88. The molecule has 0 aliphatic carbocycles. The van der Waals surface area contributed by atoms with Crippen LogP contribution >= 0.6 is 23.1 Å². The summed E-state index contributed by atoms with van der Waals surface area (Å²) in [4.78, 5) is 13.3. The highest BCUT2D eigenvalue weighted by Crippen LogP contribution is 2.37. The van der Waals surface area contributed by atoms with Gasteiger partial charge in [-0.1, -0.05) is 36.0 Å². The van der Waals surface area contributed by atoms with Gasteiger partial charge in [0.05, 0.1) is 12.3 Å². The Balaban J connectivity index is 1.50. The molecule has 4 rings (SSSR count). The highest BCUT2D eigenvalue weighted by atomic mass is 32.2. The Morgan fingerprint density at radius 2 is 1.82 bits per heavy atom. The number of hydrogen-bond donors (Lipinski definition) is 1. The van der Waals surface area contributed by atoms with Crippen LogP contribution in [-0.4, -0.2) is 42.1 Å². The molecule has 0 unspecified atom stereocenters. The quantitative estimate of drug-likeness (QED) is 0.229. The Kier molecular flexibility index (Phi) is 8.41. The minimum Gasteiger partial charge on any atom is -0.494 e. The average Bonchev–Trinajstić information content (AvgIpc) is 3.24. The summed E-state index contributed by atoms with van der Waals surface area (Å²) in [5.41, 5.74) is 0.967. The third-order valence-corrected chi connectivity index (χ3v) is 6.53. The van der Waals surface area contributed by atoms with Gasteiger partial charge < -0.3 is 19.7 Å². The van der Waals surface area contributed by atoms with Crippen molar-refractivity contribution in [3.05, 3.63) is 77.9 Å². The van der Waals surface area contributed by atoms with E-state index in [2.05, 4.69) is 46.4 Å². The molecule has 0 radical (unpaired) electrons. The molecular formula is C26H28N4O2S2. The van der Waals surface area contributed by atoms with Gasteiger partial charge in [-0.3, -0.25) is 0 Å². The van der Waals surface area contributed by atoms with Crippen LogP contribution in [0, 0.1) is 6.92 Å². The standard InChI is InChI=1S/C26H28N4O2S2/c1-19-18-33-26(28-19)29-25-24(32-20-9-5-4-6-10-20)16-23(17-27-25)34-22-12-7-11-21(15-22)31-14-8-13-30(2)3/h4-7,9-12,15-18H,8,13-14H2,1-3H3,(H,27,28,29). The second kappa shape index (κ2) is 11.9.